The molecule has 156 valence electrons. The summed E-state index contributed by atoms with van der Waals surface area (Å²) in [5.41, 5.74) is 1.05. The van der Waals surface area contributed by atoms with Crippen LogP contribution in [-0.4, -0.2) is 39.2 Å². The van der Waals surface area contributed by atoms with Crippen LogP contribution in [0.1, 0.15) is 38.4 Å². The van der Waals surface area contributed by atoms with E-state index in [0.717, 1.165) is 0 Å². The Morgan fingerprint density at radius 1 is 1.17 bits per heavy atom. The lowest BCUT2D eigenvalue weighted by molar-refractivity contribution is 0.0654. The maximum absolute atomic E-state index is 13.1. The molecule has 9 heteroatoms. The summed E-state index contributed by atoms with van der Waals surface area (Å²) in [4.78, 5) is 45.4. The number of aromatic nitrogens is 2. The van der Waals surface area contributed by atoms with E-state index in [-0.39, 0.29) is 23.2 Å². The molecule has 30 heavy (non-hydrogen) atoms. The van der Waals surface area contributed by atoms with Gasteiger partial charge < -0.3 is 9.47 Å². The van der Waals surface area contributed by atoms with Crippen molar-refractivity contribution in [1.29, 1.82) is 0 Å². The first-order valence-electron chi connectivity index (χ1n) is 9.51. The number of halogens is 2. The minimum absolute atomic E-state index is 0.0198. The van der Waals surface area contributed by atoms with Crippen LogP contribution in [0.2, 0.25) is 10.0 Å². The van der Waals surface area contributed by atoms with Crippen molar-refractivity contribution < 1.29 is 9.59 Å². The molecule has 3 aromatic rings. The molecule has 2 aromatic heterocycles. The number of hydrogen-bond acceptors (Lipinski definition) is 5. The molecule has 1 amide bonds. The largest absolute Gasteiger partial charge is 0.338 e. The van der Waals surface area contributed by atoms with Crippen molar-refractivity contribution in [1.82, 2.24) is 14.5 Å². The van der Waals surface area contributed by atoms with Gasteiger partial charge in [-0.15, -0.1) is 11.3 Å². The highest BCUT2D eigenvalue weighted by molar-refractivity contribution is 7.20. The molecule has 0 bridgehead atoms. The number of rotatable bonds is 3. The SMILES string of the molecule is Cc1c(C(=O)N2CCC(C(=O)c3ccc(Cl)c(Cl)c3)CC2)sc2ncn(C)c(=O)c12. The summed E-state index contributed by atoms with van der Waals surface area (Å²) >= 11 is 13.2. The Labute approximate surface area is 187 Å². The number of amides is 1. The predicted octanol–water partition coefficient (Wildman–Crippen LogP) is 4.35. The van der Waals surface area contributed by atoms with Crippen molar-refractivity contribution >= 4 is 56.4 Å². The molecule has 0 radical (unpaired) electrons. The lowest BCUT2D eigenvalue weighted by Gasteiger charge is -2.31. The Hall–Kier alpha value is -2.22. The number of fused-ring (bicyclic) bond motifs is 1. The summed E-state index contributed by atoms with van der Waals surface area (Å²) in [5.74, 6) is -0.256. The number of benzene rings is 1. The molecular weight excluding hydrogens is 445 g/mol. The van der Waals surface area contributed by atoms with Crippen LogP contribution in [0.15, 0.2) is 29.3 Å². The first-order chi connectivity index (χ1) is 14.3. The summed E-state index contributed by atoms with van der Waals surface area (Å²) in [6.07, 6.45) is 2.62. The van der Waals surface area contributed by atoms with Crippen LogP contribution in [0.5, 0.6) is 0 Å². The van der Waals surface area contributed by atoms with Crippen molar-refractivity contribution in [3.63, 3.8) is 0 Å². The van der Waals surface area contributed by atoms with Crippen molar-refractivity contribution in [2.75, 3.05) is 13.1 Å². The van der Waals surface area contributed by atoms with Gasteiger partial charge in [0, 0.05) is 31.6 Å². The standard InChI is InChI=1S/C21H19Cl2N3O3S/c1-11-16-19(24-10-25(2)20(16)28)30-18(11)21(29)26-7-5-12(6-8-26)17(27)13-3-4-14(22)15(23)9-13/h3-4,9-10,12H,5-8H2,1-2H3. The number of hydrogen-bond donors (Lipinski definition) is 0. The number of thiophene rings is 1. The smallest absolute Gasteiger partial charge is 0.264 e. The van der Waals surface area contributed by atoms with Crippen molar-refractivity contribution in [3.05, 3.63) is 60.9 Å². The van der Waals surface area contributed by atoms with E-state index in [2.05, 4.69) is 4.98 Å². The van der Waals surface area contributed by atoms with Gasteiger partial charge in [0.2, 0.25) is 0 Å². The summed E-state index contributed by atoms with van der Waals surface area (Å²) in [5, 5.41) is 1.27. The van der Waals surface area contributed by atoms with E-state index in [1.807, 2.05) is 0 Å². The van der Waals surface area contributed by atoms with Crippen LogP contribution < -0.4 is 5.56 Å². The third kappa shape index (κ3) is 3.66. The molecule has 1 aliphatic rings. The summed E-state index contributed by atoms with van der Waals surface area (Å²) in [7, 11) is 1.64. The maximum atomic E-state index is 13.1. The van der Waals surface area contributed by atoms with Crippen molar-refractivity contribution in [2.45, 2.75) is 19.8 Å². The Kier molecular flexibility index (Phi) is 5.70. The molecule has 0 saturated carbocycles. The second-order valence-corrected chi connectivity index (χ2v) is 9.27. The number of carbonyl (C=O) groups excluding carboxylic acids is 2. The molecule has 1 aliphatic heterocycles. The average Bonchev–Trinajstić information content (AvgIpc) is 3.09. The first kappa shape index (κ1) is 21.0. The van der Waals surface area contributed by atoms with Gasteiger partial charge in [0.05, 0.1) is 26.6 Å². The highest BCUT2D eigenvalue weighted by Crippen LogP contribution is 2.31. The molecule has 0 spiro atoms. The Morgan fingerprint density at radius 3 is 2.53 bits per heavy atom. The van der Waals surface area contributed by atoms with Gasteiger partial charge in [-0.25, -0.2) is 4.98 Å². The number of likely N-dealkylation sites (tertiary alicyclic amines) is 1. The molecule has 6 nitrogen and oxygen atoms in total. The molecule has 0 aliphatic carbocycles. The molecule has 4 rings (SSSR count). The average molecular weight is 464 g/mol. The number of piperidine rings is 1. The van der Waals surface area contributed by atoms with Crippen LogP contribution in [-0.2, 0) is 7.05 Å². The lowest BCUT2D eigenvalue weighted by Crippen LogP contribution is -2.40. The van der Waals surface area contributed by atoms with E-state index in [9.17, 15) is 14.4 Å². The fraction of sp³-hybridized carbons (Fsp3) is 0.333. The number of ketones is 1. The van der Waals surface area contributed by atoms with Gasteiger partial charge in [-0.2, -0.15) is 0 Å². The van der Waals surface area contributed by atoms with Crippen LogP contribution >= 0.6 is 34.5 Å². The quantitative estimate of drug-likeness (QED) is 0.541. The molecule has 1 fully saturated rings. The van der Waals surface area contributed by atoms with Crippen LogP contribution in [0.25, 0.3) is 10.2 Å². The molecule has 0 N–H and O–H groups in total. The van der Waals surface area contributed by atoms with E-state index >= 15 is 0 Å². The van der Waals surface area contributed by atoms with E-state index < -0.39 is 0 Å². The predicted molar refractivity (Wildman–Crippen MR) is 119 cm³/mol. The van der Waals surface area contributed by atoms with Gasteiger partial charge in [0.15, 0.2) is 5.78 Å². The molecule has 1 saturated heterocycles. The molecule has 0 unspecified atom stereocenters. The van der Waals surface area contributed by atoms with E-state index in [0.29, 0.717) is 62.2 Å². The summed E-state index contributed by atoms with van der Waals surface area (Å²) < 4.78 is 1.41. The van der Waals surface area contributed by atoms with Gasteiger partial charge >= 0.3 is 0 Å². The zero-order valence-corrected chi connectivity index (χ0v) is 18.8. The number of carbonyl (C=O) groups is 2. The van der Waals surface area contributed by atoms with Gasteiger partial charge in [-0.3, -0.25) is 14.4 Å². The van der Waals surface area contributed by atoms with Gasteiger partial charge in [-0.1, -0.05) is 23.2 Å². The fourth-order valence-corrected chi connectivity index (χ4v) is 5.19. The van der Waals surface area contributed by atoms with Gasteiger partial charge in [0.1, 0.15) is 4.83 Å². The fourth-order valence-electron chi connectivity index (χ4n) is 3.79. The third-order valence-electron chi connectivity index (χ3n) is 5.56. The van der Waals surface area contributed by atoms with Crippen LogP contribution in [0.4, 0.5) is 0 Å². The zero-order valence-electron chi connectivity index (χ0n) is 16.4. The minimum Gasteiger partial charge on any atom is -0.338 e. The van der Waals surface area contributed by atoms with Gasteiger partial charge in [0.25, 0.3) is 11.5 Å². The van der Waals surface area contributed by atoms with Crippen molar-refractivity contribution in [2.24, 2.45) is 13.0 Å². The minimum atomic E-state index is -0.163. The molecule has 1 aromatic carbocycles. The topological polar surface area (TPSA) is 72.3 Å². The summed E-state index contributed by atoms with van der Waals surface area (Å²) in [6, 6.07) is 4.90. The Bertz CT molecular complexity index is 1230. The number of aryl methyl sites for hydroxylation is 2. The normalized spacial score (nSPS) is 15.0. The zero-order chi connectivity index (χ0) is 21.6. The Balaban J connectivity index is 1.50. The monoisotopic (exact) mass is 463 g/mol. The van der Waals surface area contributed by atoms with E-state index in [1.54, 1.807) is 37.1 Å². The third-order valence-corrected chi connectivity index (χ3v) is 7.49. The number of nitrogens with zero attached hydrogens (tertiary/aromatic N) is 3. The summed E-state index contributed by atoms with van der Waals surface area (Å²) in [6.45, 7) is 2.75. The number of Topliss-reactive ketones (excluding diaryl/α,β-unsaturated/α-hetero) is 1. The van der Waals surface area contributed by atoms with Crippen molar-refractivity contribution in [3.8, 4) is 0 Å². The highest BCUT2D eigenvalue weighted by atomic mass is 35.5. The second-order valence-electron chi connectivity index (χ2n) is 7.46. The first-order valence-corrected chi connectivity index (χ1v) is 11.1. The Morgan fingerprint density at radius 2 is 1.87 bits per heavy atom. The van der Waals surface area contributed by atoms with E-state index in [1.165, 1.54) is 22.2 Å². The molecule has 0 atom stereocenters. The highest BCUT2D eigenvalue weighted by Gasteiger charge is 2.30. The van der Waals surface area contributed by atoms with Crippen LogP contribution in [0.3, 0.4) is 0 Å². The maximum Gasteiger partial charge on any atom is 0.264 e. The second kappa shape index (κ2) is 8.13. The lowest BCUT2D eigenvalue weighted by atomic mass is 9.89. The molecular formula is C21H19Cl2N3O3S. The van der Waals surface area contributed by atoms with Crippen LogP contribution in [0, 0.1) is 12.8 Å². The van der Waals surface area contributed by atoms with Gasteiger partial charge in [-0.05, 0) is 43.5 Å². The molecule has 3 heterocycles. The van der Waals surface area contributed by atoms with E-state index in [4.69, 9.17) is 23.2 Å².